The molecule has 0 aliphatic rings. The van der Waals surface area contributed by atoms with E-state index in [0.717, 1.165) is 5.56 Å². The van der Waals surface area contributed by atoms with Crippen LogP contribution in [0.25, 0.3) is 11.5 Å². The van der Waals surface area contributed by atoms with Gasteiger partial charge in [-0.3, -0.25) is 0 Å². The number of hydrogen-bond acceptors (Lipinski definition) is 6. The fourth-order valence-corrected chi connectivity index (χ4v) is 2.14. The van der Waals surface area contributed by atoms with Gasteiger partial charge in [-0.05, 0) is 12.1 Å². The molecule has 7 heteroatoms. The number of ether oxygens (including phenoxy) is 2. The van der Waals surface area contributed by atoms with Crippen molar-refractivity contribution in [1.29, 1.82) is 0 Å². The molecule has 5 nitrogen and oxygen atoms in total. The van der Waals surface area contributed by atoms with Crippen LogP contribution in [0.2, 0.25) is 0 Å². The number of thioether (sulfide) groups is 1. The number of halogens is 1. The molecule has 0 bridgehead atoms. The molecular formula is C13H13ClN2O3S. The molecule has 0 aliphatic carbocycles. The zero-order valence-electron chi connectivity index (χ0n) is 11.1. The van der Waals surface area contributed by atoms with E-state index in [1.165, 1.54) is 11.8 Å². The molecule has 0 saturated heterocycles. The van der Waals surface area contributed by atoms with Gasteiger partial charge in [0.1, 0.15) is 11.5 Å². The lowest BCUT2D eigenvalue weighted by Crippen LogP contribution is -1.88. The molecule has 106 valence electrons. The van der Waals surface area contributed by atoms with E-state index in [2.05, 4.69) is 16.8 Å². The van der Waals surface area contributed by atoms with Gasteiger partial charge in [-0.25, -0.2) is 0 Å². The minimum Gasteiger partial charge on any atom is -0.497 e. The van der Waals surface area contributed by atoms with E-state index >= 15 is 0 Å². The third kappa shape index (κ3) is 3.68. The zero-order valence-corrected chi connectivity index (χ0v) is 12.6. The van der Waals surface area contributed by atoms with Crippen molar-refractivity contribution >= 4 is 23.4 Å². The van der Waals surface area contributed by atoms with Crippen LogP contribution in [0.5, 0.6) is 11.5 Å². The molecule has 0 spiro atoms. The lowest BCUT2D eigenvalue weighted by Gasteiger charge is -2.05. The predicted molar refractivity (Wildman–Crippen MR) is 78.6 cm³/mol. The molecule has 0 amide bonds. The first-order valence-electron chi connectivity index (χ1n) is 5.65. The Balaban J connectivity index is 2.24. The number of rotatable bonds is 6. The molecule has 1 aromatic carbocycles. The van der Waals surface area contributed by atoms with Gasteiger partial charge in [0, 0.05) is 22.4 Å². The molecular weight excluding hydrogens is 300 g/mol. The van der Waals surface area contributed by atoms with Crippen LogP contribution in [-0.4, -0.2) is 30.2 Å². The summed E-state index contributed by atoms with van der Waals surface area (Å²) in [5, 5.41) is 8.89. The maximum absolute atomic E-state index is 5.69. The molecule has 2 aromatic rings. The summed E-state index contributed by atoms with van der Waals surface area (Å²) in [7, 11) is 3.17. The van der Waals surface area contributed by atoms with Gasteiger partial charge in [0.2, 0.25) is 5.89 Å². The lowest BCUT2D eigenvalue weighted by atomic mass is 10.2. The average Bonchev–Trinajstić information content (AvgIpc) is 2.93. The van der Waals surface area contributed by atoms with Crippen molar-refractivity contribution in [2.24, 2.45) is 0 Å². The highest BCUT2D eigenvalue weighted by molar-refractivity contribution is 7.99. The van der Waals surface area contributed by atoms with Crippen molar-refractivity contribution in [3.63, 3.8) is 0 Å². The molecule has 0 N–H and O–H groups in total. The Kier molecular flexibility index (Phi) is 4.92. The van der Waals surface area contributed by atoms with Gasteiger partial charge in [-0.2, -0.15) is 0 Å². The summed E-state index contributed by atoms with van der Waals surface area (Å²) in [6, 6.07) is 5.36. The highest BCUT2D eigenvalue weighted by Crippen LogP contribution is 2.30. The maximum atomic E-state index is 5.69. The molecule has 0 saturated carbocycles. The van der Waals surface area contributed by atoms with Crippen molar-refractivity contribution in [2.75, 3.05) is 20.0 Å². The first-order chi connectivity index (χ1) is 9.62. The summed E-state index contributed by atoms with van der Waals surface area (Å²) < 4.78 is 15.9. The van der Waals surface area contributed by atoms with Gasteiger partial charge in [-0.1, -0.05) is 29.9 Å². The second-order valence-electron chi connectivity index (χ2n) is 3.78. The van der Waals surface area contributed by atoms with E-state index in [1.54, 1.807) is 32.4 Å². The minimum atomic E-state index is 0.393. The third-order valence-corrected chi connectivity index (χ3v) is 3.55. The monoisotopic (exact) mass is 312 g/mol. The highest BCUT2D eigenvalue weighted by atomic mass is 35.5. The summed E-state index contributed by atoms with van der Waals surface area (Å²) in [5.74, 6) is 2.22. The standard InChI is InChI=1S/C13H13ClN2O3S/c1-8(14)7-20-13-16-15-12(19-13)9-4-10(17-2)6-11(5-9)18-3/h4-6H,1,7H2,2-3H3. The van der Waals surface area contributed by atoms with Gasteiger partial charge in [0.15, 0.2) is 0 Å². The van der Waals surface area contributed by atoms with Crippen LogP contribution >= 0.6 is 23.4 Å². The predicted octanol–water partition coefficient (Wildman–Crippen LogP) is 3.60. The van der Waals surface area contributed by atoms with Crippen molar-refractivity contribution in [3.05, 3.63) is 29.8 Å². The van der Waals surface area contributed by atoms with Crippen LogP contribution in [-0.2, 0) is 0 Å². The normalized spacial score (nSPS) is 10.3. The summed E-state index contributed by atoms with van der Waals surface area (Å²) in [4.78, 5) is 0. The van der Waals surface area contributed by atoms with E-state index < -0.39 is 0 Å². The smallest absolute Gasteiger partial charge is 0.277 e. The fraction of sp³-hybridized carbons (Fsp3) is 0.231. The van der Waals surface area contributed by atoms with Crippen LogP contribution in [0.3, 0.4) is 0 Å². The summed E-state index contributed by atoms with van der Waals surface area (Å²) in [5.41, 5.74) is 0.727. The SMILES string of the molecule is C=C(Cl)CSc1nnc(-c2cc(OC)cc(OC)c2)o1. The Morgan fingerprint density at radius 3 is 2.45 bits per heavy atom. The largest absolute Gasteiger partial charge is 0.497 e. The van der Waals surface area contributed by atoms with Crippen LogP contribution in [0.15, 0.2) is 39.5 Å². The van der Waals surface area contributed by atoms with Crippen molar-refractivity contribution in [3.8, 4) is 23.0 Å². The van der Waals surface area contributed by atoms with Gasteiger partial charge in [0.25, 0.3) is 5.22 Å². The number of methoxy groups -OCH3 is 2. The van der Waals surface area contributed by atoms with Crippen LogP contribution in [0, 0.1) is 0 Å². The molecule has 0 fully saturated rings. The molecule has 2 rings (SSSR count). The zero-order chi connectivity index (χ0) is 14.5. The first kappa shape index (κ1) is 14.7. The van der Waals surface area contributed by atoms with Gasteiger partial charge in [-0.15, -0.1) is 10.2 Å². The summed E-state index contributed by atoms with van der Waals surface area (Å²) in [6.45, 7) is 3.60. The lowest BCUT2D eigenvalue weighted by molar-refractivity contribution is 0.394. The van der Waals surface area contributed by atoms with Gasteiger partial charge < -0.3 is 13.9 Å². The van der Waals surface area contributed by atoms with E-state index in [-0.39, 0.29) is 0 Å². The fourth-order valence-electron chi connectivity index (χ4n) is 1.46. The summed E-state index contributed by atoms with van der Waals surface area (Å²) >= 11 is 7.02. The van der Waals surface area contributed by atoms with Crippen LogP contribution < -0.4 is 9.47 Å². The molecule has 0 radical (unpaired) electrons. The quantitative estimate of drug-likeness (QED) is 0.760. The van der Waals surface area contributed by atoms with Gasteiger partial charge in [0.05, 0.1) is 14.2 Å². The molecule has 0 unspecified atom stereocenters. The first-order valence-corrected chi connectivity index (χ1v) is 7.01. The number of aromatic nitrogens is 2. The highest BCUT2D eigenvalue weighted by Gasteiger charge is 2.12. The van der Waals surface area contributed by atoms with Crippen molar-refractivity contribution < 1.29 is 13.9 Å². The Morgan fingerprint density at radius 2 is 1.90 bits per heavy atom. The molecule has 0 aliphatic heterocycles. The Morgan fingerprint density at radius 1 is 1.25 bits per heavy atom. The Labute approximate surface area is 125 Å². The Hall–Kier alpha value is -1.66. The van der Waals surface area contributed by atoms with Crippen LogP contribution in [0.1, 0.15) is 0 Å². The molecule has 1 heterocycles. The Bertz CT molecular complexity index is 593. The van der Waals surface area contributed by atoms with E-state index in [9.17, 15) is 0 Å². The number of benzene rings is 1. The van der Waals surface area contributed by atoms with Crippen LogP contribution in [0.4, 0.5) is 0 Å². The van der Waals surface area contributed by atoms with Crippen molar-refractivity contribution in [2.45, 2.75) is 5.22 Å². The number of hydrogen-bond donors (Lipinski definition) is 0. The number of nitrogens with zero attached hydrogens (tertiary/aromatic N) is 2. The topological polar surface area (TPSA) is 57.4 Å². The minimum absolute atomic E-state index is 0.393. The van der Waals surface area contributed by atoms with E-state index in [4.69, 9.17) is 25.5 Å². The average molecular weight is 313 g/mol. The van der Waals surface area contributed by atoms with Crippen molar-refractivity contribution in [1.82, 2.24) is 10.2 Å². The second-order valence-corrected chi connectivity index (χ2v) is 5.24. The third-order valence-electron chi connectivity index (χ3n) is 2.36. The molecule has 20 heavy (non-hydrogen) atoms. The summed E-state index contributed by atoms with van der Waals surface area (Å²) in [6.07, 6.45) is 0. The van der Waals surface area contributed by atoms with Gasteiger partial charge >= 0.3 is 0 Å². The van der Waals surface area contributed by atoms with E-state index in [0.29, 0.717) is 33.4 Å². The van der Waals surface area contributed by atoms with E-state index in [1.807, 2.05) is 0 Å². The maximum Gasteiger partial charge on any atom is 0.277 e. The molecule has 1 aromatic heterocycles. The molecule has 0 atom stereocenters. The second kappa shape index (κ2) is 6.67.